The highest BCUT2D eigenvalue weighted by molar-refractivity contribution is 6.10. The van der Waals surface area contributed by atoms with Crippen molar-refractivity contribution in [2.45, 2.75) is 64.4 Å². The summed E-state index contributed by atoms with van der Waals surface area (Å²) in [4.78, 5) is 55.3. The maximum absolute atomic E-state index is 16.0. The average Bonchev–Trinajstić information content (AvgIpc) is 3.13. The second-order valence-corrected chi connectivity index (χ2v) is 13.0. The average molecular weight is 698 g/mol. The molecule has 4 aromatic carbocycles. The summed E-state index contributed by atoms with van der Waals surface area (Å²) in [6.07, 6.45) is -1.42. The van der Waals surface area contributed by atoms with Gasteiger partial charge < -0.3 is 20.1 Å². The molecule has 0 aliphatic carbocycles. The summed E-state index contributed by atoms with van der Waals surface area (Å²) >= 11 is 0. The molecule has 0 bridgehead atoms. The molecule has 2 atom stereocenters. The van der Waals surface area contributed by atoms with E-state index in [1.165, 1.54) is 0 Å². The molecule has 5 rings (SSSR count). The Morgan fingerprint density at radius 1 is 0.824 bits per heavy atom. The maximum atomic E-state index is 16.0. The molecular weight excluding hydrogens is 656 g/mol. The molecule has 9 nitrogen and oxygen atoms in total. The Labute approximate surface area is 295 Å². The van der Waals surface area contributed by atoms with Crippen molar-refractivity contribution < 1.29 is 37.8 Å². The number of ketones is 1. The van der Waals surface area contributed by atoms with Crippen LogP contribution in [-0.2, 0) is 46.9 Å². The van der Waals surface area contributed by atoms with E-state index < -0.39 is 47.6 Å². The molecule has 0 saturated carbocycles. The number of alkyl halides is 2. The predicted octanol–water partition coefficient (Wildman–Crippen LogP) is 6.29. The van der Waals surface area contributed by atoms with Crippen molar-refractivity contribution in [3.63, 3.8) is 0 Å². The molecule has 0 fully saturated rings. The molecule has 3 amide bonds. The molecule has 1 aliphatic heterocycles. The first-order valence-corrected chi connectivity index (χ1v) is 16.8. The molecule has 0 spiro atoms. The molecular formula is C40H41F2N3O6. The SMILES string of the molecule is CC(C)[C@@H](C(=O)N[C@@H](Cc1ccc(OCc2ccccc2)cc1)C(=O)C(F)(F)C(=O)N1CCc2ccccc2C1)N(Cc1ccccc1)C(=O)O. The molecule has 11 heteroatoms. The number of carbonyl (C=O) groups is 4. The van der Waals surface area contributed by atoms with Crippen LogP contribution in [0.2, 0.25) is 0 Å². The van der Waals surface area contributed by atoms with Gasteiger partial charge in [-0.2, -0.15) is 8.78 Å². The van der Waals surface area contributed by atoms with Crippen molar-refractivity contribution in [2.24, 2.45) is 5.92 Å². The normalized spacial score (nSPS) is 13.9. The van der Waals surface area contributed by atoms with Gasteiger partial charge in [-0.05, 0) is 52.3 Å². The lowest BCUT2D eigenvalue weighted by Crippen LogP contribution is -2.60. The van der Waals surface area contributed by atoms with Crippen LogP contribution in [0.25, 0.3) is 0 Å². The number of Topliss-reactive ketones (excluding diaryl/α,β-unsaturated/α-hetero) is 1. The molecule has 0 radical (unpaired) electrons. The smallest absolute Gasteiger partial charge is 0.408 e. The molecule has 1 heterocycles. The summed E-state index contributed by atoms with van der Waals surface area (Å²) in [5.74, 6) is -8.94. The van der Waals surface area contributed by atoms with E-state index in [2.05, 4.69) is 5.32 Å². The number of hydrogen-bond donors (Lipinski definition) is 2. The van der Waals surface area contributed by atoms with Crippen molar-refractivity contribution in [2.75, 3.05) is 6.54 Å². The van der Waals surface area contributed by atoms with Crippen LogP contribution in [-0.4, -0.2) is 63.1 Å². The number of hydrogen-bond acceptors (Lipinski definition) is 5. The number of benzene rings is 4. The lowest BCUT2D eigenvalue weighted by atomic mass is 9.94. The van der Waals surface area contributed by atoms with Gasteiger partial charge in [-0.25, -0.2) is 4.79 Å². The topological polar surface area (TPSA) is 116 Å². The summed E-state index contributed by atoms with van der Waals surface area (Å²) in [7, 11) is 0. The first kappa shape index (κ1) is 36.7. The number of nitrogens with one attached hydrogen (secondary N) is 1. The van der Waals surface area contributed by atoms with Crippen LogP contribution in [0.1, 0.15) is 41.7 Å². The van der Waals surface area contributed by atoms with E-state index in [4.69, 9.17) is 4.74 Å². The fourth-order valence-electron chi connectivity index (χ4n) is 6.23. The molecule has 0 unspecified atom stereocenters. The van der Waals surface area contributed by atoms with Gasteiger partial charge in [0.1, 0.15) is 18.4 Å². The number of ether oxygens (including phenoxy) is 1. The minimum absolute atomic E-state index is 0.00265. The molecule has 0 saturated heterocycles. The number of halogens is 2. The van der Waals surface area contributed by atoms with Crippen molar-refractivity contribution in [3.05, 3.63) is 137 Å². The van der Waals surface area contributed by atoms with E-state index in [1.807, 2.05) is 42.5 Å². The van der Waals surface area contributed by atoms with Gasteiger partial charge in [0.15, 0.2) is 0 Å². The van der Waals surface area contributed by atoms with Crippen molar-refractivity contribution in [1.82, 2.24) is 15.1 Å². The molecule has 1 aliphatic rings. The van der Waals surface area contributed by atoms with Gasteiger partial charge in [-0.1, -0.05) is 111 Å². The van der Waals surface area contributed by atoms with E-state index in [-0.39, 0.29) is 26.1 Å². The number of fused-ring (bicyclic) bond motifs is 1. The standard InChI is InChI=1S/C40H41F2N3O6/c1-27(2)35(45(39(49)50)24-29-11-5-3-6-12-29)37(47)43-34(23-28-17-19-33(20-18-28)51-26-30-13-7-4-8-14-30)36(46)40(41,42)38(48)44-22-21-31-15-9-10-16-32(31)25-44/h3-20,27,34-35H,21-26H2,1-2H3,(H,43,47)(H,49,50)/t34-,35-/m0/s1. The van der Waals surface area contributed by atoms with E-state index >= 15 is 8.78 Å². The zero-order valence-corrected chi connectivity index (χ0v) is 28.5. The molecule has 0 aromatic heterocycles. The summed E-state index contributed by atoms with van der Waals surface area (Å²) in [5.41, 5.74) is 3.63. The zero-order valence-electron chi connectivity index (χ0n) is 28.5. The van der Waals surface area contributed by atoms with E-state index in [1.54, 1.807) is 80.6 Å². The van der Waals surface area contributed by atoms with Crippen molar-refractivity contribution in [1.29, 1.82) is 0 Å². The Bertz CT molecular complexity index is 1820. The third-order valence-electron chi connectivity index (χ3n) is 8.92. The number of rotatable bonds is 14. The Balaban J connectivity index is 1.39. The monoisotopic (exact) mass is 697 g/mol. The second-order valence-electron chi connectivity index (χ2n) is 13.0. The minimum Gasteiger partial charge on any atom is -0.489 e. The Hall–Kier alpha value is -5.58. The van der Waals surface area contributed by atoms with Crippen molar-refractivity contribution in [3.8, 4) is 5.75 Å². The van der Waals surface area contributed by atoms with E-state index in [0.717, 1.165) is 20.9 Å². The number of amides is 3. The first-order chi connectivity index (χ1) is 24.4. The molecule has 266 valence electrons. The molecule has 51 heavy (non-hydrogen) atoms. The van der Waals surface area contributed by atoms with Crippen LogP contribution in [0.5, 0.6) is 5.75 Å². The quantitative estimate of drug-likeness (QED) is 0.150. The van der Waals surface area contributed by atoms with Gasteiger partial charge in [-0.3, -0.25) is 19.3 Å². The zero-order chi connectivity index (χ0) is 36.5. The van der Waals surface area contributed by atoms with Gasteiger partial charge in [-0.15, -0.1) is 0 Å². The van der Waals surface area contributed by atoms with Crippen LogP contribution in [0.3, 0.4) is 0 Å². The second kappa shape index (κ2) is 16.4. The van der Waals surface area contributed by atoms with Crippen molar-refractivity contribution >= 4 is 23.7 Å². The van der Waals surface area contributed by atoms with Gasteiger partial charge in [0, 0.05) is 26.1 Å². The summed E-state index contributed by atoms with van der Waals surface area (Å²) in [5, 5.41) is 12.6. The third-order valence-corrected chi connectivity index (χ3v) is 8.92. The van der Waals surface area contributed by atoms with Gasteiger partial charge >= 0.3 is 17.9 Å². The molecule has 4 aromatic rings. The third kappa shape index (κ3) is 9.16. The van der Waals surface area contributed by atoms with E-state index in [0.29, 0.717) is 35.5 Å². The fourth-order valence-corrected chi connectivity index (χ4v) is 6.23. The van der Waals surface area contributed by atoms with Crippen LogP contribution in [0.4, 0.5) is 13.6 Å². The van der Waals surface area contributed by atoms with Crippen LogP contribution in [0, 0.1) is 5.92 Å². The Morgan fingerprint density at radius 3 is 2.02 bits per heavy atom. The Kier molecular flexibility index (Phi) is 11.8. The molecule has 2 N–H and O–H groups in total. The van der Waals surface area contributed by atoms with Gasteiger partial charge in [0.25, 0.3) is 0 Å². The van der Waals surface area contributed by atoms with Gasteiger partial charge in [0.2, 0.25) is 11.7 Å². The van der Waals surface area contributed by atoms with Crippen LogP contribution >= 0.6 is 0 Å². The largest absolute Gasteiger partial charge is 0.489 e. The highest BCUT2D eigenvalue weighted by Gasteiger charge is 2.53. The summed E-state index contributed by atoms with van der Waals surface area (Å²) in [6, 6.07) is 28.6. The number of carbonyl (C=O) groups excluding carboxylic acids is 3. The highest BCUT2D eigenvalue weighted by Crippen LogP contribution is 2.27. The van der Waals surface area contributed by atoms with E-state index in [9.17, 15) is 24.3 Å². The summed E-state index contributed by atoms with van der Waals surface area (Å²) < 4.78 is 37.9. The first-order valence-electron chi connectivity index (χ1n) is 16.8. The van der Waals surface area contributed by atoms with Gasteiger partial charge in [0.05, 0.1) is 6.04 Å². The van der Waals surface area contributed by atoms with Crippen LogP contribution < -0.4 is 10.1 Å². The highest BCUT2D eigenvalue weighted by atomic mass is 19.3. The lowest BCUT2D eigenvalue weighted by molar-refractivity contribution is -0.168. The lowest BCUT2D eigenvalue weighted by Gasteiger charge is -2.34. The summed E-state index contributed by atoms with van der Waals surface area (Å²) in [6.45, 7) is 3.32. The predicted molar refractivity (Wildman–Crippen MR) is 187 cm³/mol. The number of carboxylic acid groups (broad SMARTS) is 1. The number of nitrogens with zero attached hydrogens (tertiary/aromatic N) is 2. The Morgan fingerprint density at radius 2 is 1.41 bits per heavy atom. The van der Waals surface area contributed by atoms with Crippen LogP contribution in [0.15, 0.2) is 109 Å². The fraction of sp³-hybridized carbons (Fsp3) is 0.300. The maximum Gasteiger partial charge on any atom is 0.408 e. The minimum atomic E-state index is -4.48.